The highest BCUT2D eigenvalue weighted by molar-refractivity contribution is 5.96. The number of carbonyl (C=O) groups is 1. The molecule has 0 aliphatic heterocycles. The summed E-state index contributed by atoms with van der Waals surface area (Å²) in [5.41, 5.74) is -0.132. The molecule has 0 aliphatic rings. The summed E-state index contributed by atoms with van der Waals surface area (Å²) in [5.74, 6) is -2.06. The Labute approximate surface area is 94.5 Å². The Bertz CT molecular complexity index is 370. The van der Waals surface area contributed by atoms with E-state index in [9.17, 15) is 13.6 Å². The van der Waals surface area contributed by atoms with Crippen LogP contribution in [0.3, 0.4) is 0 Å². The molecule has 0 atom stereocenters. The Balaban J connectivity index is 2.84. The lowest BCUT2D eigenvalue weighted by Gasteiger charge is -2.11. The molecule has 0 aliphatic carbocycles. The predicted octanol–water partition coefficient (Wildman–Crippen LogP) is 3.97. The van der Waals surface area contributed by atoms with Crippen LogP contribution in [0, 0.1) is 17.6 Å². The highest BCUT2D eigenvalue weighted by atomic mass is 19.2. The van der Waals surface area contributed by atoms with E-state index < -0.39 is 11.6 Å². The second-order valence-corrected chi connectivity index (χ2v) is 3.91. The smallest absolute Gasteiger partial charge is 0.169 e. The summed E-state index contributed by atoms with van der Waals surface area (Å²) in [4.78, 5) is 11.7. The summed E-state index contributed by atoms with van der Waals surface area (Å²) in [7, 11) is 0. The van der Waals surface area contributed by atoms with Gasteiger partial charge in [-0.25, -0.2) is 8.78 Å². The van der Waals surface area contributed by atoms with Gasteiger partial charge in [-0.2, -0.15) is 0 Å². The summed E-state index contributed by atoms with van der Waals surface area (Å²) in [5, 5.41) is 0. The molecule has 1 aromatic carbocycles. The first-order valence-electron chi connectivity index (χ1n) is 5.57. The molecule has 0 amide bonds. The van der Waals surface area contributed by atoms with Crippen LogP contribution in [0.15, 0.2) is 18.2 Å². The molecular weight excluding hydrogens is 210 g/mol. The molecule has 0 bridgehead atoms. The molecule has 0 unspecified atom stereocenters. The van der Waals surface area contributed by atoms with Gasteiger partial charge in [0.25, 0.3) is 0 Å². The number of benzene rings is 1. The summed E-state index contributed by atoms with van der Waals surface area (Å²) in [6.45, 7) is 3.98. The first kappa shape index (κ1) is 12.8. The van der Waals surface area contributed by atoms with Crippen LogP contribution in [-0.2, 0) is 0 Å². The molecule has 1 rings (SSSR count). The number of Topliss-reactive ketones (excluding diaryl/α,β-unsaturated/α-hetero) is 1. The molecular formula is C13H16F2O. The number of hydrogen-bond donors (Lipinski definition) is 0. The van der Waals surface area contributed by atoms with Crippen molar-refractivity contribution in [2.75, 3.05) is 0 Å². The molecule has 0 fully saturated rings. The van der Waals surface area contributed by atoms with E-state index in [-0.39, 0.29) is 23.7 Å². The van der Waals surface area contributed by atoms with Gasteiger partial charge in [0.1, 0.15) is 0 Å². The summed E-state index contributed by atoms with van der Waals surface area (Å²) in [6.07, 6.45) is 2.03. The van der Waals surface area contributed by atoms with Crippen molar-refractivity contribution in [2.24, 2.45) is 5.92 Å². The van der Waals surface area contributed by atoms with Crippen molar-refractivity contribution < 1.29 is 13.6 Å². The lowest BCUT2D eigenvalue weighted by molar-refractivity contribution is 0.0953. The molecule has 0 N–H and O–H groups in total. The van der Waals surface area contributed by atoms with Gasteiger partial charge in [-0.15, -0.1) is 0 Å². The molecule has 3 heteroatoms. The number of halogens is 2. The lowest BCUT2D eigenvalue weighted by atomic mass is 9.94. The second-order valence-electron chi connectivity index (χ2n) is 3.91. The Hall–Kier alpha value is -1.25. The van der Waals surface area contributed by atoms with Crippen LogP contribution in [0.2, 0.25) is 0 Å². The zero-order valence-corrected chi connectivity index (χ0v) is 9.59. The van der Waals surface area contributed by atoms with Crippen LogP contribution in [0.25, 0.3) is 0 Å². The topological polar surface area (TPSA) is 17.1 Å². The summed E-state index contributed by atoms with van der Waals surface area (Å²) in [6, 6.07) is 3.71. The van der Waals surface area contributed by atoms with Gasteiger partial charge in [-0.1, -0.05) is 32.8 Å². The Morgan fingerprint density at radius 1 is 1.25 bits per heavy atom. The number of carbonyl (C=O) groups excluding carboxylic acids is 1. The van der Waals surface area contributed by atoms with Gasteiger partial charge in [0, 0.05) is 6.42 Å². The van der Waals surface area contributed by atoms with Crippen LogP contribution in [0.4, 0.5) is 8.78 Å². The van der Waals surface area contributed by atoms with Crippen molar-refractivity contribution in [2.45, 2.75) is 33.1 Å². The van der Waals surface area contributed by atoms with Crippen LogP contribution >= 0.6 is 0 Å². The van der Waals surface area contributed by atoms with Gasteiger partial charge in [-0.3, -0.25) is 4.79 Å². The third-order valence-corrected chi connectivity index (χ3v) is 2.88. The third-order valence-electron chi connectivity index (χ3n) is 2.88. The van der Waals surface area contributed by atoms with Gasteiger partial charge in [0.15, 0.2) is 17.4 Å². The molecule has 1 aromatic rings. The Morgan fingerprint density at radius 2 is 1.88 bits per heavy atom. The van der Waals surface area contributed by atoms with Crippen molar-refractivity contribution >= 4 is 5.78 Å². The first-order chi connectivity index (χ1) is 7.60. The highest BCUT2D eigenvalue weighted by Crippen LogP contribution is 2.19. The largest absolute Gasteiger partial charge is 0.294 e. The normalized spacial score (nSPS) is 10.8. The van der Waals surface area contributed by atoms with Gasteiger partial charge in [0.05, 0.1) is 5.56 Å². The maximum Gasteiger partial charge on any atom is 0.169 e. The van der Waals surface area contributed by atoms with E-state index >= 15 is 0 Å². The zero-order chi connectivity index (χ0) is 12.1. The Kier molecular flexibility index (Phi) is 4.59. The van der Waals surface area contributed by atoms with Crippen molar-refractivity contribution in [3.63, 3.8) is 0 Å². The van der Waals surface area contributed by atoms with E-state index in [1.165, 1.54) is 12.1 Å². The first-order valence-corrected chi connectivity index (χ1v) is 5.57. The molecule has 88 valence electrons. The SMILES string of the molecule is CCC(CC)CC(=O)c1cccc(F)c1F. The minimum absolute atomic E-state index is 0.132. The molecule has 1 nitrogen and oxygen atoms in total. The van der Waals surface area contributed by atoms with Crippen molar-refractivity contribution in [1.82, 2.24) is 0 Å². The van der Waals surface area contributed by atoms with Gasteiger partial charge in [-0.05, 0) is 18.1 Å². The summed E-state index contributed by atoms with van der Waals surface area (Å²) >= 11 is 0. The molecule has 0 saturated carbocycles. The van der Waals surface area contributed by atoms with Crippen molar-refractivity contribution in [3.05, 3.63) is 35.4 Å². The number of rotatable bonds is 5. The van der Waals surface area contributed by atoms with E-state index in [0.29, 0.717) is 0 Å². The van der Waals surface area contributed by atoms with E-state index in [4.69, 9.17) is 0 Å². The minimum atomic E-state index is -1.03. The fraction of sp³-hybridized carbons (Fsp3) is 0.462. The fourth-order valence-corrected chi connectivity index (χ4v) is 1.67. The maximum atomic E-state index is 13.3. The van der Waals surface area contributed by atoms with Crippen molar-refractivity contribution in [1.29, 1.82) is 0 Å². The van der Waals surface area contributed by atoms with Gasteiger partial charge in [0.2, 0.25) is 0 Å². The van der Waals surface area contributed by atoms with E-state index in [1.54, 1.807) is 0 Å². The Morgan fingerprint density at radius 3 is 2.44 bits per heavy atom. The molecule has 0 radical (unpaired) electrons. The third kappa shape index (κ3) is 2.87. The van der Waals surface area contributed by atoms with E-state index in [1.807, 2.05) is 13.8 Å². The average molecular weight is 226 g/mol. The molecule has 0 saturated heterocycles. The fourth-order valence-electron chi connectivity index (χ4n) is 1.67. The maximum absolute atomic E-state index is 13.3. The quantitative estimate of drug-likeness (QED) is 0.694. The molecule has 0 spiro atoms. The second kappa shape index (κ2) is 5.73. The monoisotopic (exact) mass is 226 g/mol. The van der Waals surface area contributed by atoms with Crippen LogP contribution < -0.4 is 0 Å². The van der Waals surface area contributed by atoms with Gasteiger partial charge >= 0.3 is 0 Å². The highest BCUT2D eigenvalue weighted by Gasteiger charge is 2.17. The van der Waals surface area contributed by atoms with E-state index in [2.05, 4.69) is 0 Å². The zero-order valence-electron chi connectivity index (χ0n) is 9.59. The average Bonchev–Trinajstić information content (AvgIpc) is 2.29. The van der Waals surface area contributed by atoms with Crippen LogP contribution in [0.1, 0.15) is 43.5 Å². The van der Waals surface area contributed by atoms with Crippen LogP contribution in [-0.4, -0.2) is 5.78 Å². The van der Waals surface area contributed by atoms with Crippen molar-refractivity contribution in [3.8, 4) is 0 Å². The minimum Gasteiger partial charge on any atom is -0.294 e. The number of ketones is 1. The number of hydrogen-bond acceptors (Lipinski definition) is 1. The molecule has 0 aromatic heterocycles. The standard InChI is InChI=1S/C13H16F2O/c1-3-9(4-2)8-12(16)10-6-5-7-11(14)13(10)15/h5-7,9H,3-4,8H2,1-2H3. The molecule has 16 heavy (non-hydrogen) atoms. The lowest BCUT2D eigenvalue weighted by Crippen LogP contribution is -2.10. The van der Waals surface area contributed by atoms with Gasteiger partial charge < -0.3 is 0 Å². The predicted molar refractivity (Wildman–Crippen MR) is 59.4 cm³/mol. The molecule has 0 heterocycles. The van der Waals surface area contributed by atoms with Crippen LogP contribution in [0.5, 0.6) is 0 Å². The van der Waals surface area contributed by atoms with E-state index in [0.717, 1.165) is 18.9 Å². The summed E-state index contributed by atoms with van der Waals surface area (Å²) < 4.78 is 26.2.